The molecule has 0 radical (unpaired) electrons. The number of hydrogen-bond acceptors (Lipinski definition) is 4. The second kappa shape index (κ2) is 4.18. The Hall–Kier alpha value is -1.65. The molecule has 0 amide bonds. The third kappa shape index (κ3) is 1.88. The predicted molar refractivity (Wildman–Crippen MR) is 77.2 cm³/mol. The van der Waals surface area contributed by atoms with Crippen LogP contribution in [0.5, 0.6) is 0 Å². The Bertz CT molecular complexity index is 707. The van der Waals surface area contributed by atoms with Gasteiger partial charge in [0.15, 0.2) is 10.8 Å². The molecule has 4 rings (SSSR count). The van der Waals surface area contributed by atoms with Crippen LogP contribution in [0.3, 0.4) is 0 Å². The maximum absolute atomic E-state index is 5.87. The van der Waals surface area contributed by atoms with Crippen molar-refractivity contribution in [2.75, 3.05) is 0 Å². The summed E-state index contributed by atoms with van der Waals surface area (Å²) in [5, 5.41) is 2.08. The highest BCUT2D eigenvalue weighted by Gasteiger charge is 2.29. The molecule has 1 fully saturated rings. The summed E-state index contributed by atoms with van der Waals surface area (Å²) in [6.07, 6.45) is 2.49. The van der Waals surface area contributed by atoms with Gasteiger partial charge in [-0.3, -0.25) is 0 Å². The molecule has 0 bridgehead atoms. The van der Waals surface area contributed by atoms with E-state index in [1.165, 1.54) is 23.4 Å². The molecule has 2 heterocycles. The van der Waals surface area contributed by atoms with Gasteiger partial charge in [-0.1, -0.05) is 18.2 Å². The Morgan fingerprint density at radius 2 is 2.16 bits per heavy atom. The summed E-state index contributed by atoms with van der Waals surface area (Å²) >= 11 is 1.67. The van der Waals surface area contributed by atoms with Crippen molar-refractivity contribution in [2.45, 2.75) is 25.3 Å². The average molecular weight is 270 g/mol. The van der Waals surface area contributed by atoms with E-state index in [0.717, 1.165) is 21.7 Å². The average Bonchev–Trinajstić information content (AvgIpc) is 3.05. The van der Waals surface area contributed by atoms with E-state index in [-0.39, 0.29) is 0 Å². The number of rotatable bonds is 3. The summed E-state index contributed by atoms with van der Waals surface area (Å²) in [7, 11) is 0. The van der Waals surface area contributed by atoms with Crippen LogP contribution in [0.15, 0.2) is 34.7 Å². The molecule has 4 heteroatoms. The van der Waals surface area contributed by atoms with Crippen molar-refractivity contribution >= 4 is 22.3 Å². The van der Waals surface area contributed by atoms with E-state index in [4.69, 9.17) is 15.1 Å². The smallest absolute Gasteiger partial charge is 0.164 e. The van der Waals surface area contributed by atoms with Crippen molar-refractivity contribution < 1.29 is 4.42 Å². The van der Waals surface area contributed by atoms with Crippen molar-refractivity contribution in [3.8, 4) is 10.8 Å². The van der Waals surface area contributed by atoms with Gasteiger partial charge in [-0.15, -0.1) is 11.3 Å². The summed E-state index contributed by atoms with van der Waals surface area (Å²) in [6, 6.07) is 10.1. The number of fused-ring (bicyclic) bond motifs is 1. The van der Waals surface area contributed by atoms with Gasteiger partial charge in [0.1, 0.15) is 5.58 Å². The van der Waals surface area contributed by atoms with Gasteiger partial charge < -0.3 is 10.2 Å². The highest BCUT2D eigenvalue weighted by molar-refractivity contribution is 7.15. The van der Waals surface area contributed by atoms with E-state index in [1.807, 2.05) is 18.2 Å². The first-order valence-corrected chi connectivity index (χ1v) is 7.35. The molecule has 1 aliphatic rings. The van der Waals surface area contributed by atoms with E-state index < -0.39 is 0 Å². The second-order valence-electron chi connectivity index (χ2n) is 4.95. The summed E-state index contributed by atoms with van der Waals surface area (Å²) < 4.78 is 5.87. The Balaban J connectivity index is 1.82. The van der Waals surface area contributed by atoms with Crippen LogP contribution < -0.4 is 5.73 Å². The molecule has 1 saturated carbocycles. The zero-order chi connectivity index (χ0) is 12.8. The Morgan fingerprint density at radius 1 is 1.32 bits per heavy atom. The van der Waals surface area contributed by atoms with Crippen LogP contribution in [-0.4, -0.2) is 4.98 Å². The molecule has 0 saturated heterocycles. The van der Waals surface area contributed by atoms with Gasteiger partial charge in [0.05, 0.1) is 5.69 Å². The van der Waals surface area contributed by atoms with Crippen LogP contribution in [0.25, 0.3) is 21.7 Å². The first kappa shape index (κ1) is 11.2. The fourth-order valence-corrected chi connectivity index (χ4v) is 3.36. The van der Waals surface area contributed by atoms with Crippen molar-refractivity contribution in [2.24, 2.45) is 5.73 Å². The molecule has 1 aromatic carbocycles. The van der Waals surface area contributed by atoms with Crippen molar-refractivity contribution in [3.63, 3.8) is 0 Å². The van der Waals surface area contributed by atoms with E-state index in [1.54, 1.807) is 11.3 Å². The minimum absolute atomic E-state index is 0.573. The van der Waals surface area contributed by atoms with Crippen molar-refractivity contribution in [3.05, 3.63) is 40.9 Å². The first-order chi connectivity index (χ1) is 9.35. The molecule has 1 aliphatic carbocycles. The topological polar surface area (TPSA) is 52.0 Å². The summed E-state index contributed by atoms with van der Waals surface area (Å²) in [4.78, 5) is 5.96. The maximum atomic E-state index is 5.87. The van der Waals surface area contributed by atoms with Crippen LogP contribution >= 0.6 is 11.3 Å². The van der Waals surface area contributed by atoms with Crippen LogP contribution in [0.2, 0.25) is 0 Å². The summed E-state index contributed by atoms with van der Waals surface area (Å²) in [5.41, 5.74) is 7.93. The third-order valence-electron chi connectivity index (χ3n) is 3.51. The molecule has 0 spiro atoms. The van der Waals surface area contributed by atoms with Gasteiger partial charge in [0.2, 0.25) is 0 Å². The molecular formula is C15H14N2OS. The molecule has 96 valence electrons. The monoisotopic (exact) mass is 270 g/mol. The molecular weight excluding hydrogens is 256 g/mol. The molecule has 2 aromatic heterocycles. The highest BCUT2D eigenvalue weighted by Crippen LogP contribution is 2.44. The van der Waals surface area contributed by atoms with Crippen LogP contribution in [0.1, 0.15) is 29.3 Å². The van der Waals surface area contributed by atoms with E-state index in [9.17, 15) is 0 Å². The predicted octanol–water partition coefficient (Wildman–Crippen LogP) is 3.89. The fraction of sp³-hybridized carbons (Fsp3) is 0.267. The number of furan rings is 1. The maximum Gasteiger partial charge on any atom is 0.164 e. The number of thiazole rings is 1. The second-order valence-corrected chi connectivity index (χ2v) is 6.04. The molecule has 3 nitrogen and oxygen atoms in total. The Morgan fingerprint density at radius 3 is 2.89 bits per heavy atom. The van der Waals surface area contributed by atoms with Crippen LogP contribution in [-0.2, 0) is 6.54 Å². The Kier molecular flexibility index (Phi) is 2.47. The number of nitrogens with zero attached hydrogens (tertiary/aromatic N) is 1. The third-order valence-corrected chi connectivity index (χ3v) is 4.62. The van der Waals surface area contributed by atoms with E-state index >= 15 is 0 Å². The Labute approximate surface area is 115 Å². The van der Waals surface area contributed by atoms with Gasteiger partial charge in [0.25, 0.3) is 0 Å². The standard InChI is InChI=1S/C15H14N2OS/c16-8-13-14(9-5-6-9)17-15(19-13)12-7-10-3-1-2-4-11(10)18-12/h1-4,7,9H,5-6,8,16H2. The van der Waals surface area contributed by atoms with Gasteiger partial charge in [-0.25, -0.2) is 4.98 Å². The van der Waals surface area contributed by atoms with Crippen molar-refractivity contribution in [1.29, 1.82) is 0 Å². The summed E-state index contributed by atoms with van der Waals surface area (Å²) in [5.74, 6) is 1.49. The molecule has 0 aliphatic heterocycles. The molecule has 3 aromatic rings. The largest absolute Gasteiger partial charge is 0.454 e. The van der Waals surface area contributed by atoms with Gasteiger partial charge in [-0.05, 0) is 25.0 Å². The summed E-state index contributed by atoms with van der Waals surface area (Å²) in [6.45, 7) is 0.573. The lowest BCUT2D eigenvalue weighted by Crippen LogP contribution is -1.96. The minimum atomic E-state index is 0.573. The quantitative estimate of drug-likeness (QED) is 0.785. The van der Waals surface area contributed by atoms with Crippen molar-refractivity contribution in [1.82, 2.24) is 4.98 Å². The number of benzene rings is 1. The fourth-order valence-electron chi connectivity index (χ4n) is 2.38. The lowest BCUT2D eigenvalue weighted by atomic mass is 10.2. The van der Waals surface area contributed by atoms with E-state index in [0.29, 0.717) is 12.5 Å². The first-order valence-electron chi connectivity index (χ1n) is 6.54. The molecule has 19 heavy (non-hydrogen) atoms. The zero-order valence-corrected chi connectivity index (χ0v) is 11.2. The lowest BCUT2D eigenvalue weighted by molar-refractivity contribution is 0.630. The minimum Gasteiger partial charge on any atom is -0.454 e. The number of para-hydroxylation sites is 1. The molecule has 0 unspecified atom stereocenters. The normalized spacial score (nSPS) is 15.2. The zero-order valence-electron chi connectivity index (χ0n) is 10.4. The number of aromatic nitrogens is 1. The van der Waals surface area contributed by atoms with Gasteiger partial charge in [-0.2, -0.15) is 0 Å². The number of hydrogen-bond donors (Lipinski definition) is 1. The number of nitrogens with two attached hydrogens (primary N) is 1. The molecule has 0 atom stereocenters. The lowest BCUT2D eigenvalue weighted by Gasteiger charge is -1.93. The van der Waals surface area contributed by atoms with Crippen LogP contribution in [0.4, 0.5) is 0 Å². The molecule has 2 N–H and O–H groups in total. The SMILES string of the molecule is NCc1sc(-c2cc3ccccc3o2)nc1C1CC1. The van der Waals surface area contributed by atoms with Crippen LogP contribution in [0, 0.1) is 0 Å². The van der Waals surface area contributed by atoms with Gasteiger partial charge >= 0.3 is 0 Å². The van der Waals surface area contributed by atoms with Gasteiger partial charge in [0, 0.05) is 22.7 Å². The van der Waals surface area contributed by atoms with E-state index in [2.05, 4.69) is 12.1 Å². The highest BCUT2D eigenvalue weighted by atomic mass is 32.1.